The first kappa shape index (κ1) is 12.3. The molecule has 0 aliphatic carbocycles. The summed E-state index contributed by atoms with van der Waals surface area (Å²) in [6, 6.07) is -1.69. The van der Waals surface area contributed by atoms with E-state index >= 15 is 0 Å². The van der Waals surface area contributed by atoms with Crippen LogP contribution in [-0.4, -0.2) is 53.1 Å². The SMILES string of the molecule is O=C1CN(C(=O)C(F)(F)F)C(C(=O)O)CN1. The molecule has 1 saturated heterocycles. The van der Waals surface area contributed by atoms with E-state index < -0.39 is 43.1 Å². The van der Waals surface area contributed by atoms with Crippen LogP contribution in [-0.2, 0) is 14.4 Å². The highest BCUT2D eigenvalue weighted by Gasteiger charge is 2.48. The van der Waals surface area contributed by atoms with Crippen LogP contribution in [0, 0.1) is 0 Å². The number of carboxylic acid groups (broad SMARTS) is 1. The first-order valence-electron chi connectivity index (χ1n) is 4.10. The largest absolute Gasteiger partial charge is 0.480 e. The molecule has 16 heavy (non-hydrogen) atoms. The highest BCUT2D eigenvalue weighted by Crippen LogP contribution is 2.20. The highest BCUT2D eigenvalue weighted by molar-refractivity contribution is 5.93. The number of nitrogens with one attached hydrogen (secondary N) is 1. The van der Waals surface area contributed by atoms with Crippen LogP contribution < -0.4 is 5.32 Å². The van der Waals surface area contributed by atoms with Gasteiger partial charge in [0.05, 0.1) is 0 Å². The Labute approximate surface area is 87.0 Å². The molecule has 2 amide bonds. The Hall–Kier alpha value is -1.80. The minimum Gasteiger partial charge on any atom is -0.480 e. The third-order valence-electron chi connectivity index (χ3n) is 1.97. The number of amides is 2. The molecule has 90 valence electrons. The predicted molar refractivity (Wildman–Crippen MR) is 42.2 cm³/mol. The smallest absolute Gasteiger partial charge is 0.471 e. The van der Waals surface area contributed by atoms with Crippen LogP contribution in [0.4, 0.5) is 13.2 Å². The number of carbonyl (C=O) groups excluding carboxylic acids is 2. The lowest BCUT2D eigenvalue weighted by atomic mass is 10.2. The fraction of sp³-hybridized carbons (Fsp3) is 0.571. The average Bonchev–Trinajstić information content (AvgIpc) is 2.14. The van der Waals surface area contributed by atoms with E-state index in [-0.39, 0.29) is 4.90 Å². The fourth-order valence-corrected chi connectivity index (χ4v) is 1.24. The summed E-state index contributed by atoms with van der Waals surface area (Å²) in [5.74, 6) is -4.75. The van der Waals surface area contributed by atoms with Gasteiger partial charge in [0.25, 0.3) is 0 Å². The van der Waals surface area contributed by atoms with Gasteiger partial charge >= 0.3 is 18.1 Å². The minimum atomic E-state index is -5.19. The van der Waals surface area contributed by atoms with Crippen LogP contribution in [0.2, 0.25) is 0 Å². The van der Waals surface area contributed by atoms with E-state index in [9.17, 15) is 27.6 Å². The lowest BCUT2D eigenvalue weighted by Gasteiger charge is -2.32. The number of nitrogens with zero attached hydrogens (tertiary/aromatic N) is 1. The topological polar surface area (TPSA) is 86.7 Å². The molecular formula is C7H7F3N2O4. The van der Waals surface area contributed by atoms with Crippen molar-refractivity contribution >= 4 is 17.8 Å². The number of alkyl halides is 3. The second-order valence-corrected chi connectivity index (χ2v) is 3.09. The standard InChI is InChI=1S/C7H7F3N2O4/c8-7(9,10)6(16)12-2-4(13)11-1-3(12)5(14)15/h3H,1-2H2,(H,11,13)(H,14,15). The molecule has 0 radical (unpaired) electrons. The Kier molecular flexibility index (Phi) is 3.06. The third kappa shape index (κ3) is 2.41. The second kappa shape index (κ2) is 3.99. The summed E-state index contributed by atoms with van der Waals surface area (Å²) < 4.78 is 36.2. The Morgan fingerprint density at radius 3 is 2.44 bits per heavy atom. The molecule has 9 heteroatoms. The second-order valence-electron chi connectivity index (χ2n) is 3.09. The van der Waals surface area contributed by atoms with E-state index in [1.807, 2.05) is 0 Å². The fourth-order valence-electron chi connectivity index (χ4n) is 1.24. The monoisotopic (exact) mass is 240 g/mol. The summed E-state index contributed by atoms with van der Waals surface area (Å²) in [5.41, 5.74) is 0. The Balaban J connectivity index is 2.92. The molecule has 1 atom stereocenters. The van der Waals surface area contributed by atoms with Gasteiger partial charge in [-0.25, -0.2) is 4.79 Å². The van der Waals surface area contributed by atoms with Crippen molar-refractivity contribution in [2.75, 3.05) is 13.1 Å². The van der Waals surface area contributed by atoms with E-state index in [1.165, 1.54) is 0 Å². The van der Waals surface area contributed by atoms with Crippen LogP contribution in [0.1, 0.15) is 0 Å². The molecule has 0 bridgehead atoms. The maximum Gasteiger partial charge on any atom is 0.471 e. The molecule has 0 aromatic carbocycles. The minimum absolute atomic E-state index is 0.00116. The van der Waals surface area contributed by atoms with Crippen molar-refractivity contribution < 1.29 is 32.7 Å². The molecule has 0 spiro atoms. The van der Waals surface area contributed by atoms with Crippen molar-refractivity contribution in [1.82, 2.24) is 10.2 Å². The number of carboxylic acids is 1. The lowest BCUT2D eigenvalue weighted by Crippen LogP contribution is -2.61. The van der Waals surface area contributed by atoms with Crippen molar-refractivity contribution in [1.29, 1.82) is 0 Å². The normalized spacial score (nSPS) is 21.6. The molecule has 1 rings (SSSR count). The molecule has 0 saturated carbocycles. The maximum atomic E-state index is 12.1. The van der Waals surface area contributed by atoms with Gasteiger partial charge < -0.3 is 15.3 Å². The summed E-state index contributed by atoms with van der Waals surface area (Å²) >= 11 is 0. The number of halogens is 3. The van der Waals surface area contributed by atoms with Crippen molar-refractivity contribution in [2.45, 2.75) is 12.2 Å². The lowest BCUT2D eigenvalue weighted by molar-refractivity contribution is -0.191. The molecule has 1 heterocycles. The van der Waals surface area contributed by atoms with E-state index in [4.69, 9.17) is 5.11 Å². The van der Waals surface area contributed by atoms with E-state index in [0.717, 1.165) is 0 Å². The molecule has 1 unspecified atom stereocenters. The molecule has 1 aliphatic heterocycles. The zero-order valence-corrected chi connectivity index (χ0v) is 7.74. The first-order chi connectivity index (χ1) is 7.23. The zero-order valence-electron chi connectivity index (χ0n) is 7.74. The Morgan fingerprint density at radius 2 is 2.00 bits per heavy atom. The third-order valence-corrected chi connectivity index (χ3v) is 1.97. The summed E-state index contributed by atoms with van der Waals surface area (Å²) in [5, 5.41) is 10.7. The summed E-state index contributed by atoms with van der Waals surface area (Å²) in [6.45, 7) is -1.44. The van der Waals surface area contributed by atoms with Gasteiger partial charge in [-0.2, -0.15) is 13.2 Å². The van der Waals surface area contributed by atoms with E-state index in [0.29, 0.717) is 0 Å². The van der Waals surface area contributed by atoms with Gasteiger partial charge in [0.2, 0.25) is 5.91 Å². The number of hydrogen-bond acceptors (Lipinski definition) is 3. The molecule has 1 aliphatic rings. The molecule has 0 aromatic rings. The van der Waals surface area contributed by atoms with Crippen LogP contribution in [0.15, 0.2) is 0 Å². The van der Waals surface area contributed by atoms with Gasteiger partial charge in [-0.3, -0.25) is 9.59 Å². The van der Waals surface area contributed by atoms with Gasteiger partial charge in [-0.15, -0.1) is 0 Å². The molecule has 1 fully saturated rings. The van der Waals surface area contributed by atoms with Crippen LogP contribution in [0.25, 0.3) is 0 Å². The van der Waals surface area contributed by atoms with Crippen molar-refractivity contribution in [3.63, 3.8) is 0 Å². The molecule has 6 nitrogen and oxygen atoms in total. The maximum absolute atomic E-state index is 12.1. The number of hydrogen-bond donors (Lipinski definition) is 2. The van der Waals surface area contributed by atoms with Gasteiger partial charge in [0.15, 0.2) is 0 Å². The molecule has 0 aromatic heterocycles. The number of piperazine rings is 1. The van der Waals surface area contributed by atoms with Crippen LogP contribution in [0.5, 0.6) is 0 Å². The number of carbonyl (C=O) groups is 3. The summed E-state index contributed by atoms with van der Waals surface area (Å²) in [6.07, 6.45) is -5.19. The Morgan fingerprint density at radius 1 is 1.44 bits per heavy atom. The first-order valence-corrected chi connectivity index (χ1v) is 4.10. The summed E-state index contributed by atoms with van der Waals surface area (Å²) in [4.78, 5) is 32.2. The van der Waals surface area contributed by atoms with Crippen molar-refractivity contribution in [3.05, 3.63) is 0 Å². The summed E-state index contributed by atoms with van der Waals surface area (Å²) in [7, 11) is 0. The van der Waals surface area contributed by atoms with Gasteiger partial charge in [0, 0.05) is 6.54 Å². The van der Waals surface area contributed by atoms with Crippen LogP contribution in [0.3, 0.4) is 0 Å². The molecular weight excluding hydrogens is 233 g/mol. The zero-order chi connectivity index (χ0) is 12.5. The van der Waals surface area contributed by atoms with Crippen molar-refractivity contribution in [3.8, 4) is 0 Å². The molecule has 2 N–H and O–H groups in total. The van der Waals surface area contributed by atoms with E-state index in [2.05, 4.69) is 5.32 Å². The quantitative estimate of drug-likeness (QED) is 0.613. The average molecular weight is 240 g/mol. The Bertz CT molecular complexity index is 341. The highest BCUT2D eigenvalue weighted by atomic mass is 19.4. The van der Waals surface area contributed by atoms with Crippen molar-refractivity contribution in [2.24, 2.45) is 0 Å². The number of rotatable bonds is 1. The van der Waals surface area contributed by atoms with Gasteiger partial charge in [-0.1, -0.05) is 0 Å². The van der Waals surface area contributed by atoms with Crippen LogP contribution >= 0.6 is 0 Å². The predicted octanol–water partition coefficient (Wildman–Crippen LogP) is -1.04. The van der Waals surface area contributed by atoms with Gasteiger partial charge in [0.1, 0.15) is 12.6 Å². The number of aliphatic carboxylic acids is 1. The van der Waals surface area contributed by atoms with E-state index in [1.54, 1.807) is 0 Å². The van der Waals surface area contributed by atoms with Gasteiger partial charge in [-0.05, 0) is 0 Å².